The zero-order valence-corrected chi connectivity index (χ0v) is 14.5. The predicted molar refractivity (Wildman–Crippen MR) is 96.1 cm³/mol. The second kappa shape index (κ2) is 7.90. The van der Waals surface area contributed by atoms with Gasteiger partial charge in [0.2, 0.25) is 11.7 Å². The third-order valence-electron chi connectivity index (χ3n) is 3.62. The fourth-order valence-corrected chi connectivity index (χ4v) is 2.72. The SMILES string of the molecule is CSc1ccc(COC(=O)C2=C(Nc3ccccc3)OCC2=O)cc1. The third kappa shape index (κ3) is 4.22. The Hall–Kier alpha value is -2.73. The van der Waals surface area contributed by atoms with Gasteiger partial charge in [0.15, 0.2) is 12.2 Å². The van der Waals surface area contributed by atoms with E-state index >= 15 is 0 Å². The van der Waals surface area contributed by atoms with E-state index in [1.165, 1.54) is 0 Å². The summed E-state index contributed by atoms with van der Waals surface area (Å²) in [7, 11) is 0. The second-order valence-electron chi connectivity index (χ2n) is 5.33. The van der Waals surface area contributed by atoms with Crippen LogP contribution in [0.2, 0.25) is 0 Å². The molecule has 128 valence electrons. The van der Waals surface area contributed by atoms with Gasteiger partial charge in [0.1, 0.15) is 6.61 Å². The van der Waals surface area contributed by atoms with E-state index in [2.05, 4.69) is 5.32 Å². The maximum atomic E-state index is 12.3. The summed E-state index contributed by atoms with van der Waals surface area (Å²) >= 11 is 1.64. The van der Waals surface area contributed by atoms with Gasteiger partial charge in [-0.2, -0.15) is 0 Å². The molecule has 1 aliphatic heterocycles. The number of Topliss-reactive ketones (excluding diaryl/α,β-unsaturated/α-hetero) is 1. The van der Waals surface area contributed by atoms with Gasteiger partial charge in [-0.25, -0.2) is 4.79 Å². The summed E-state index contributed by atoms with van der Waals surface area (Å²) in [6, 6.07) is 16.9. The van der Waals surface area contributed by atoms with Gasteiger partial charge < -0.3 is 14.8 Å². The molecule has 0 saturated heterocycles. The lowest BCUT2D eigenvalue weighted by Gasteiger charge is -2.09. The van der Waals surface area contributed by atoms with Crippen molar-refractivity contribution in [2.24, 2.45) is 0 Å². The number of esters is 1. The third-order valence-corrected chi connectivity index (χ3v) is 4.36. The molecule has 3 rings (SSSR count). The average molecular weight is 355 g/mol. The summed E-state index contributed by atoms with van der Waals surface area (Å²) in [4.78, 5) is 25.4. The quantitative estimate of drug-likeness (QED) is 0.487. The molecule has 0 unspecified atom stereocenters. The number of carbonyl (C=O) groups excluding carboxylic acids is 2. The summed E-state index contributed by atoms with van der Waals surface area (Å²) in [5.74, 6) is -0.935. The van der Waals surface area contributed by atoms with Crippen molar-refractivity contribution in [3.63, 3.8) is 0 Å². The first-order valence-electron chi connectivity index (χ1n) is 7.70. The molecule has 1 aliphatic rings. The van der Waals surface area contributed by atoms with Crippen LogP contribution in [0.1, 0.15) is 5.56 Å². The highest BCUT2D eigenvalue weighted by atomic mass is 32.2. The molecule has 0 radical (unpaired) electrons. The van der Waals surface area contributed by atoms with Gasteiger partial charge >= 0.3 is 5.97 Å². The first kappa shape index (κ1) is 17.1. The molecular weight excluding hydrogens is 338 g/mol. The molecule has 0 atom stereocenters. The lowest BCUT2D eigenvalue weighted by Crippen LogP contribution is -2.16. The van der Waals surface area contributed by atoms with Crippen molar-refractivity contribution in [2.75, 3.05) is 18.2 Å². The number of rotatable bonds is 6. The van der Waals surface area contributed by atoms with Crippen LogP contribution < -0.4 is 5.32 Å². The molecule has 5 nitrogen and oxygen atoms in total. The van der Waals surface area contributed by atoms with E-state index in [1.54, 1.807) is 11.8 Å². The Balaban J connectivity index is 1.69. The number of benzene rings is 2. The van der Waals surface area contributed by atoms with Gasteiger partial charge in [0.05, 0.1) is 0 Å². The van der Waals surface area contributed by atoms with Crippen molar-refractivity contribution in [1.82, 2.24) is 0 Å². The zero-order valence-electron chi connectivity index (χ0n) is 13.7. The summed E-state index contributed by atoms with van der Waals surface area (Å²) in [6.45, 7) is -0.0646. The Labute approximate surface area is 150 Å². The van der Waals surface area contributed by atoms with E-state index in [1.807, 2.05) is 60.9 Å². The van der Waals surface area contributed by atoms with Gasteiger partial charge in [-0.1, -0.05) is 30.3 Å². The van der Waals surface area contributed by atoms with Crippen LogP contribution in [0.4, 0.5) is 5.69 Å². The molecule has 1 N–H and O–H groups in total. The van der Waals surface area contributed by atoms with Crippen LogP contribution in [0.25, 0.3) is 0 Å². The molecule has 0 aliphatic carbocycles. The number of hydrogen-bond donors (Lipinski definition) is 1. The molecule has 1 heterocycles. The van der Waals surface area contributed by atoms with Crippen molar-refractivity contribution in [1.29, 1.82) is 0 Å². The van der Waals surface area contributed by atoms with Gasteiger partial charge in [0, 0.05) is 10.6 Å². The van der Waals surface area contributed by atoms with E-state index in [9.17, 15) is 9.59 Å². The molecule has 25 heavy (non-hydrogen) atoms. The topological polar surface area (TPSA) is 64.6 Å². The molecule has 0 aromatic heterocycles. The Kier molecular flexibility index (Phi) is 5.40. The maximum absolute atomic E-state index is 12.3. The monoisotopic (exact) mass is 355 g/mol. The summed E-state index contributed by atoms with van der Waals surface area (Å²) in [6.07, 6.45) is 1.99. The van der Waals surface area contributed by atoms with Crippen LogP contribution in [-0.4, -0.2) is 24.6 Å². The number of anilines is 1. The Morgan fingerprint density at radius 2 is 1.88 bits per heavy atom. The Morgan fingerprint density at radius 1 is 1.16 bits per heavy atom. The molecule has 2 aromatic carbocycles. The number of thioether (sulfide) groups is 1. The van der Waals surface area contributed by atoms with Crippen molar-refractivity contribution in [2.45, 2.75) is 11.5 Å². The maximum Gasteiger partial charge on any atom is 0.347 e. The van der Waals surface area contributed by atoms with E-state index in [4.69, 9.17) is 9.47 Å². The van der Waals surface area contributed by atoms with Crippen LogP contribution in [0.5, 0.6) is 0 Å². The highest BCUT2D eigenvalue weighted by Crippen LogP contribution is 2.21. The Morgan fingerprint density at radius 3 is 2.56 bits per heavy atom. The van der Waals surface area contributed by atoms with Gasteiger partial charge in [-0.05, 0) is 36.1 Å². The molecular formula is C19H17NO4S. The van der Waals surface area contributed by atoms with Crippen molar-refractivity contribution < 1.29 is 19.1 Å². The van der Waals surface area contributed by atoms with E-state index in [-0.39, 0.29) is 30.5 Å². The normalized spacial score (nSPS) is 13.6. The number of hydrogen-bond acceptors (Lipinski definition) is 6. The first-order chi connectivity index (χ1) is 12.2. The lowest BCUT2D eigenvalue weighted by atomic mass is 10.2. The molecule has 0 bridgehead atoms. The number of carbonyl (C=O) groups is 2. The number of nitrogens with one attached hydrogen (secondary N) is 1. The molecule has 2 aromatic rings. The molecule has 0 fully saturated rings. The first-order valence-corrected chi connectivity index (χ1v) is 8.92. The zero-order chi connectivity index (χ0) is 17.6. The highest BCUT2D eigenvalue weighted by molar-refractivity contribution is 7.98. The van der Waals surface area contributed by atoms with Gasteiger partial charge in [0.25, 0.3) is 0 Å². The minimum Gasteiger partial charge on any atom is -0.470 e. The highest BCUT2D eigenvalue weighted by Gasteiger charge is 2.32. The van der Waals surface area contributed by atoms with E-state index in [0.29, 0.717) is 0 Å². The lowest BCUT2D eigenvalue weighted by molar-refractivity contribution is -0.141. The summed E-state index contributed by atoms with van der Waals surface area (Å²) in [5.41, 5.74) is 1.51. The van der Waals surface area contributed by atoms with Crippen LogP contribution >= 0.6 is 11.8 Å². The summed E-state index contributed by atoms with van der Waals surface area (Å²) < 4.78 is 10.6. The fourth-order valence-electron chi connectivity index (χ4n) is 2.31. The van der Waals surface area contributed by atoms with Crippen LogP contribution in [-0.2, 0) is 25.7 Å². The molecule has 0 spiro atoms. The van der Waals surface area contributed by atoms with Crippen LogP contribution in [0.15, 0.2) is 70.9 Å². The van der Waals surface area contributed by atoms with E-state index in [0.717, 1.165) is 16.1 Å². The minimum atomic E-state index is -0.685. The molecule has 6 heteroatoms. The Bertz CT molecular complexity index is 800. The smallest absolute Gasteiger partial charge is 0.347 e. The van der Waals surface area contributed by atoms with Crippen molar-refractivity contribution >= 4 is 29.2 Å². The van der Waals surface area contributed by atoms with Crippen molar-refractivity contribution in [3.05, 3.63) is 71.6 Å². The molecule has 0 saturated carbocycles. The fraction of sp³-hybridized carbons (Fsp3) is 0.158. The summed E-state index contributed by atoms with van der Waals surface area (Å²) in [5, 5.41) is 2.95. The minimum absolute atomic E-state index is 0.0791. The van der Waals surface area contributed by atoms with Gasteiger partial charge in [-0.15, -0.1) is 11.8 Å². The van der Waals surface area contributed by atoms with Gasteiger partial charge in [-0.3, -0.25) is 4.79 Å². The van der Waals surface area contributed by atoms with E-state index < -0.39 is 5.97 Å². The number of ether oxygens (including phenoxy) is 2. The largest absolute Gasteiger partial charge is 0.470 e. The average Bonchev–Trinajstić information content (AvgIpc) is 3.01. The van der Waals surface area contributed by atoms with Crippen LogP contribution in [0.3, 0.4) is 0 Å². The van der Waals surface area contributed by atoms with Crippen molar-refractivity contribution in [3.8, 4) is 0 Å². The number of ketones is 1. The molecule has 0 amide bonds. The van der Waals surface area contributed by atoms with Crippen LogP contribution in [0, 0.1) is 0 Å². The second-order valence-corrected chi connectivity index (χ2v) is 6.21. The standard InChI is InChI=1S/C19H17NO4S/c1-25-15-9-7-13(8-10-15)11-24-19(22)17-16(21)12-23-18(17)20-14-5-3-2-4-6-14/h2-10,20H,11-12H2,1H3. The predicted octanol–water partition coefficient (Wildman–Crippen LogP) is 3.37. The number of para-hydroxylation sites is 1.